The van der Waals surface area contributed by atoms with Crippen molar-refractivity contribution in [2.75, 3.05) is 18.5 Å². The van der Waals surface area contributed by atoms with E-state index in [4.69, 9.17) is 9.47 Å². The molecule has 2 N–H and O–H groups in total. The third-order valence-electron chi connectivity index (χ3n) is 4.59. The number of nitro groups is 1. The van der Waals surface area contributed by atoms with Crippen LogP contribution in [0.2, 0.25) is 0 Å². The van der Waals surface area contributed by atoms with E-state index in [0.717, 1.165) is 11.3 Å². The molecule has 0 fully saturated rings. The standard InChI is InChI=1S/C23H22N4O7S/c1-3-33-19-10-5-4-9-17(19)22(30)24-12-20(28)34-14(2)21(29)26-23-25-18(13-35-23)15-7-6-8-16(11-15)27(31)32/h4-11,13-14H,3,12H2,1-2H3,(H,24,30)(H,25,26,29). The largest absolute Gasteiger partial charge is 0.493 e. The van der Waals surface area contributed by atoms with Gasteiger partial charge in [-0.3, -0.25) is 29.8 Å². The minimum atomic E-state index is -1.15. The number of amides is 2. The van der Waals surface area contributed by atoms with Crippen LogP contribution in [0.5, 0.6) is 5.75 Å². The fourth-order valence-corrected chi connectivity index (χ4v) is 3.65. The van der Waals surface area contributed by atoms with Crippen molar-refractivity contribution in [1.29, 1.82) is 0 Å². The van der Waals surface area contributed by atoms with Crippen molar-refractivity contribution < 1.29 is 28.8 Å². The Morgan fingerprint density at radius 3 is 2.69 bits per heavy atom. The van der Waals surface area contributed by atoms with E-state index in [0.29, 0.717) is 23.6 Å². The van der Waals surface area contributed by atoms with Crippen molar-refractivity contribution in [3.8, 4) is 17.0 Å². The Hall–Kier alpha value is -4.32. The lowest BCUT2D eigenvalue weighted by Crippen LogP contribution is -2.36. The number of aromatic nitrogens is 1. The van der Waals surface area contributed by atoms with Crippen molar-refractivity contribution in [1.82, 2.24) is 10.3 Å². The number of para-hydroxylation sites is 1. The summed E-state index contributed by atoms with van der Waals surface area (Å²) < 4.78 is 10.5. The van der Waals surface area contributed by atoms with E-state index in [2.05, 4.69) is 15.6 Å². The maximum atomic E-state index is 12.4. The first-order chi connectivity index (χ1) is 16.8. The topological polar surface area (TPSA) is 150 Å². The summed E-state index contributed by atoms with van der Waals surface area (Å²) >= 11 is 1.12. The Kier molecular flexibility index (Phi) is 8.46. The van der Waals surface area contributed by atoms with Gasteiger partial charge in [0, 0.05) is 23.1 Å². The quantitative estimate of drug-likeness (QED) is 0.245. The Morgan fingerprint density at radius 2 is 1.94 bits per heavy atom. The van der Waals surface area contributed by atoms with Crippen molar-refractivity contribution in [2.45, 2.75) is 20.0 Å². The Labute approximate surface area is 204 Å². The van der Waals surface area contributed by atoms with Gasteiger partial charge >= 0.3 is 5.97 Å². The van der Waals surface area contributed by atoms with Gasteiger partial charge < -0.3 is 14.8 Å². The van der Waals surface area contributed by atoms with Crippen molar-refractivity contribution in [3.63, 3.8) is 0 Å². The Balaban J connectivity index is 1.52. The summed E-state index contributed by atoms with van der Waals surface area (Å²) in [5.41, 5.74) is 1.18. The van der Waals surface area contributed by atoms with E-state index in [9.17, 15) is 24.5 Å². The Bertz CT molecular complexity index is 1240. The minimum absolute atomic E-state index is 0.0740. The molecule has 0 bridgehead atoms. The fraction of sp³-hybridized carbons (Fsp3) is 0.217. The van der Waals surface area contributed by atoms with Crippen molar-refractivity contribution in [3.05, 3.63) is 69.6 Å². The molecule has 0 spiro atoms. The summed E-state index contributed by atoms with van der Waals surface area (Å²) in [6, 6.07) is 12.6. The van der Waals surface area contributed by atoms with Crippen LogP contribution in [0.1, 0.15) is 24.2 Å². The number of carbonyl (C=O) groups is 3. The monoisotopic (exact) mass is 498 g/mol. The number of nitrogens with one attached hydrogen (secondary N) is 2. The molecular formula is C23H22N4O7S. The van der Waals surface area contributed by atoms with Gasteiger partial charge in [-0.15, -0.1) is 11.3 Å². The number of nitrogens with zero attached hydrogens (tertiary/aromatic N) is 2. The number of carbonyl (C=O) groups excluding carboxylic acids is 3. The molecule has 12 heteroatoms. The smallest absolute Gasteiger partial charge is 0.326 e. The van der Waals surface area contributed by atoms with Crippen LogP contribution in [-0.4, -0.2) is 46.9 Å². The van der Waals surface area contributed by atoms with Gasteiger partial charge in [0.2, 0.25) is 0 Å². The second-order valence-corrected chi connectivity index (χ2v) is 7.94. The zero-order valence-electron chi connectivity index (χ0n) is 18.8. The molecule has 3 rings (SSSR count). The SMILES string of the molecule is CCOc1ccccc1C(=O)NCC(=O)OC(C)C(=O)Nc1nc(-c2cccc([N+](=O)[O-])c2)cs1. The number of ether oxygens (including phenoxy) is 2. The lowest BCUT2D eigenvalue weighted by molar-refractivity contribution is -0.384. The van der Waals surface area contributed by atoms with Gasteiger partial charge in [0.05, 0.1) is 22.8 Å². The first kappa shape index (κ1) is 25.3. The number of anilines is 1. The number of non-ortho nitro benzene ring substituents is 1. The third kappa shape index (κ3) is 6.84. The van der Waals surface area contributed by atoms with E-state index < -0.39 is 35.4 Å². The van der Waals surface area contributed by atoms with E-state index in [1.807, 2.05) is 0 Å². The third-order valence-corrected chi connectivity index (χ3v) is 5.35. The molecule has 0 aliphatic carbocycles. The summed E-state index contributed by atoms with van der Waals surface area (Å²) in [7, 11) is 0. The van der Waals surface area contributed by atoms with Gasteiger partial charge in [0.25, 0.3) is 17.5 Å². The number of hydrogen-bond donors (Lipinski definition) is 2. The molecule has 0 saturated heterocycles. The number of thiazole rings is 1. The van der Waals surface area contributed by atoms with E-state index in [1.54, 1.807) is 48.7 Å². The predicted molar refractivity (Wildman–Crippen MR) is 128 cm³/mol. The van der Waals surface area contributed by atoms with Gasteiger partial charge in [-0.25, -0.2) is 4.98 Å². The molecule has 1 aromatic heterocycles. The lowest BCUT2D eigenvalue weighted by Gasteiger charge is -2.13. The van der Waals surface area contributed by atoms with Crippen LogP contribution in [0.4, 0.5) is 10.8 Å². The molecule has 0 radical (unpaired) electrons. The van der Waals surface area contributed by atoms with Crippen LogP contribution in [-0.2, 0) is 14.3 Å². The van der Waals surface area contributed by atoms with Gasteiger partial charge in [0.15, 0.2) is 11.2 Å². The predicted octanol–water partition coefficient (Wildman–Crippen LogP) is 3.42. The van der Waals surface area contributed by atoms with Crippen molar-refractivity contribution in [2.24, 2.45) is 0 Å². The molecule has 2 amide bonds. The van der Waals surface area contributed by atoms with Crippen LogP contribution in [0, 0.1) is 10.1 Å². The Morgan fingerprint density at radius 1 is 1.17 bits per heavy atom. The molecule has 11 nitrogen and oxygen atoms in total. The van der Waals surface area contributed by atoms with Crippen molar-refractivity contribution >= 4 is 39.9 Å². The highest BCUT2D eigenvalue weighted by molar-refractivity contribution is 7.14. The maximum Gasteiger partial charge on any atom is 0.326 e. The highest BCUT2D eigenvalue weighted by Gasteiger charge is 2.21. The maximum absolute atomic E-state index is 12.4. The molecule has 1 atom stereocenters. The summed E-state index contributed by atoms with van der Waals surface area (Å²) in [5, 5.41) is 17.8. The van der Waals surface area contributed by atoms with Crippen LogP contribution in [0.25, 0.3) is 11.3 Å². The summed E-state index contributed by atoms with van der Waals surface area (Å²) in [6.07, 6.45) is -1.15. The van der Waals surface area contributed by atoms with Gasteiger partial charge in [-0.2, -0.15) is 0 Å². The van der Waals surface area contributed by atoms with Crippen LogP contribution >= 0.6 is 11.3 Å². The van der Waals surface area contributed by atoms with Gasteiger partial charge in [-0.05, 0) is 26.0 Å². The van der Waals surface area contributed by atoms with E-state index >= 15 is 0 Å². The zero-order valence-corrected chi connectivity index (χ0v) is 19.7. The molecule has 0 saturated carbocycles. The summed E-state index contributed by atoms with van der Waals surface area (Å²) in [6.45, 7) is 3.11. The highest BCUT2D eigenvalue weighted by Crippen LogP contribution is 2.27. The second-order valence-electron chi connectivity index (χ2n) is 7.08. The number of esters is 1. The first-order valence-corrected chi connectivity index (χ1v) is 11.4. The average Bonchev–Trinajstić information content (AvgIpc) is 3.31. The van der Waals surface area contributed by atoms with Crippen LogP contribution in [0.15, 0.2) is 53.9 Å². The summed E-state index contributed by atoms with van der Waals surface area (Å²) in [5.74, 6) is -1.54. The highest BCUT2D eigenvalue weighted by atomic mass is 32.1. The minimum Gasteiger partial charge on any atom is -0.493 e. The first-order valence-electron chi connectivity index (χ1n) is 10.5. The normalized spacial score (nSPS) is 11.3. The molecule has 3 aromatic rings. The molecular weight excluding hydrogens is 476 g/mol. The lowest BCUT2D eigenvalue weighted by atomic mass is 10.1. The number of rotatable bonds is 10. The zero-order chi connectivity index (χ0) is 25.4. The molecule has 0 aliphatic heterocycles. The number of benzene rings is 2. The van der Waals surface area contributed by atoms with E-state index in [-0.39, 0.29) is 16.4 Å². The van der Waals surface area contributed by atoms with E-state index in [1.165, 1.54) is 19.1 Å². The number of hydrogen-bond acceptors (Lipinski definition) is 9. The van der Waals surface area contributed by atoms with Gasteiger partial charge in [-0.1, -0.05) is 24.3 Å². The van der Waals surface area contributed by atoms with Crippen LogP contribution < -0.4 is 15.4 Å². The summed E-state index contributed by atoms with van der Waals surface area (Å²) in [4.78, 5) is 51.6. The molecule has 0 aliphatic rings. The molecule has 1 unspecified atom stereocenters. The second kappa shape index (κ2) is 11.7. The van der Waals surface area contributed by atoms with Gasteiger partial charge in [0.1, 0.15) is 12.3 Å². The average molecular weight is 499 g/mol. The fourth-order valence-electron chi connectivity index (χ4n) is 2.93. The molecule has 35 heavy (non-hydrogen) atoms. The molecule has 2 aromatic carbocycles. The molecule has 1 heterocycles. The van der Waals surface area contributed by atoms with Crippen LogP contribution in [0.3, 0.4) is 0 Å². The number of nitro benzene ring substituents is 1. The molecule has 182 valence electrons.